The Kier molecular flexibility index (Phi) is 8.02. The zero-order valence-electron chi connectivity index (χ0n) is 21.7. The van der Waals surface area contributed by atoms with Crippen LogP contribution in [0.5, 0.6) is 11.5 Å². The number of hydrogen-bond donors (Lipinski definition) is 2. The summed E-state index contributed by atoms with van der Waals surface area (Å²) >= 11 is 13.2. The predicted octanol–water partition coefficient (Wildman–Crippen LogP) is 5.09. The Labute approximate surface area is 236 Å². The van der Waals surface area contributed by atoms with Crippen molar-refractivity contribution in [3.63, 3.8) is 0 Å². The summed E-state index contributed by atoms with van der Waals surface area (Å²) in [5, 5.41) is 5.53. The highest BCUT2D eigenvalue weighted by molar-refractivity contribution is 7.91. The average molecular weight is 593 g/mol. The molecule has 0 fully saturated rings. The van der Waals surface area contributed by atoms with Crippen LogP contribution in [0.4, 0.5) is 10.5 Å². The molecule has 3 amide bonds. The van der Waals surface area contributed by atoms with Crippen molar-refractivity contribution in [2.45, 2.75) is 29.2 Å². The number of methoxy groups -OCH3 is 2. The molecule has 12 heteroatoms. The van der Waals surface area contributed by atoms with Gasteiger partial charge in [0.15, 0.2) is 5.54 Å². The molecule has 2 N–H and O–H groups in total. The number of urea groups is 1. The number of nitrogens with zero attached hydrogens (tertiary/aromatic N) is 1. The highest BCUT2D eigenvalue weighted by atomic mass is 35.5. The summed E-state index contributed by atoms with van der Waals surface area (Å²) in [5.41, 5.74) is -1.73. The summed E-state index contributed by atoms with van der Waals surface area (Å²) in [6.45, 7) is 4.27. The Hall–Kier alpha value is -3.47. The van der Waals surface area contributed by atoms with Gasteiger partial charge in [0.05, 0.1) is 24.1 Å². The van der Waals surface area contributed by atoms with Gasteiger partial charge < -0.3 is 25.0 Å². The lowest BCUT2D eigenvalue weighted by molar-refractivity contribution is -0.120. The molecule has 206 valence electrons. The number of carbonyl (C=O) groups is 2. The summed E-state index contributed by atoms with van der Waals surface area (Å²) in [6.07, 6.45) is 0. The summed E-state index contributed by atoms with van der Waals surface area (Å²) in [5.74, 6) is -0.300. The molecule has 0 spiro atoms. The van der Waals surface area contributed by atoms with Crippen molar-refractivity contribution in [3.05, 3.63) is 75.8 Å². The molecule has 1 heterocycles. The quantitative estimate of drug-likeness (QED) is 0.377. The van der Waals surface area contributed by atoms with Crippen LogP contribution in [-0.4, -0.2) is 52.6 Å². The average Bonchev–Trinajstić information content (AvgIpc) is 3.20. The van der Waals surface area contributed by atoms with Crippen molar-refractivity contribution in [2.24, 2.45) is 0 Å². The van der Waals surface area contributed by atoms with Crippen molar-refractivity contribution < 1.29 is 27.5 Å². The van der Waals surface area contributed by atoms with Gasteiger partial charge in [-0.25, -0.2) is 13.2 Å². The Balaban J connectivity index is 2.09. The lowest BCUT2D eigenvalue weighted by Crippen LogP contribution is -2.56. The van der Waals surface area contributed by atoms with E-state index in [1.807, 2.05) is 0 Å². The highest BCUT2D eigenvalue weighted by Crippen LogP contribution is 2.50. The smallest absolute Gasteiger partial charge is 0.318 e. The molecule has 1 unspecified atom stereocenters. The molecule has 0 aromatic heterocycles. The van der Waals surface area contributed by atoms with E-state index in [1.165, 1.54) is 49.5 Å². The van der Waals surface area contributed by atoms with Gasteiger partial charge in [0, 0.05) is 41.0 Å². The van der Waals surface area contributed by atoms with Crippen molar-refractivity contribution in [1.29, 1.82) is 0 Å². The minimum Gasteiger partial charge on any atom is -0.497 e. The fourth-order valence-corrected chi connectivity index (χ4v) is 7.16. The van der Waals surface area contributed by atoms with Crippen LogP contribution in [0.2, 0.25) is 10.0 Å². The number of rotatable bonds is 8. The first-order chi connectivity index (χ1) is 18.6. The predicted molar refractivity (Wildman–Crippen MR) is 149 cm³/mol. The number of benzene rings is 3. The molecule has 1 aliphatic rings. The third kappa shape index (κ3) is 4.66. The van der Waals surface area contributed by atoms with Crippen molar-refractivity contribution >= 4 is 50.7 Å². The molecule has 4 rings (SSSR count). The largest absolute Gasteiger partial charge is 0.497 e. The Morgan fingerprint density at radius 3 is 2.31 bits per heavy atom. The van der Waals surface area contributed by atoms with Crippen molar-refractivity contribution in [1.82, 2.24) is 10.2 Å². The number of fused-ring (bicyclic) bond motifs is 1. The maximum Gasteiger partial charge on any atom is 0.318 e. The maximum absolute atomic E-state index is 14.3. The second kappa shape index (κ2) is 11.0. The number of nitrogens with one attached hydrogen (secondary N) is 2. The molecule has 9 nitrogen and oxygen atoms in total. The van der Waals surface area contributed by atoms with Gasteiger partial charge in [-0.2, -0.15) is 0 Å². The summed E-state index contributed by atoms with van der Waals surface area (Å²) < 4.78 is 39.3. The molecular weight excluding hydrogens is 565 g/mol. The molecule has 39 heavy (non-hydrogen) atoms. The Morgan fingerprint density at radius 2 is 1.69 bits per heavy atom. The molecule has 3 aromatic rings. The van der Waals surface area contributed by atoms with Gasteiger partial charge in [-0.3, -0.25) is 4.79 Å². The molecule has 0 bridgehead atoms. The van der Waals surface area contributed by atoms with Crippen LogP contribution in [0.1, 0.15) is 25.0 Å². The fraction of sp³-hybridized carbons (Fsp3) is 0.259. The van der Waals surface area contributed by atoms with E-state index in [0.717, 1.165) is 0 Å². The number of halogens is 2. The van der Waals surface area contributed by atoms with Crippen LogP contribution >= 0.6 is 23.2 Å². The van der Waals surface area contributed by atoms with Crippen LogP contribution in [0.15, 0.2) is 64.4 Å². The first-order valence-corrected chi connectivity index (χ1v) is 14.2. The van der Waals surface area contributed by atoms with Crippen molar-refractivity contribution in [2.75, 3.05) is 32.6 Å². The maximum atomic E-state index is 14.3. The first-order valence-electron chi connectivity index (χ1n) is 12.0. The minimum absolute atomic E-state index is 0.0100. The Morgan fingerprint density at radius 1 is 1.00 bits per heavy atom. The zero-order valence-corrected chi connectivity index (χ0v) is 24.0. The third-order valence-corrected chi connectivity index (χ3v) is 9.26. The second-order valence-corrected chi connectivity index (χ2v) is 11.3. The number of sulfone groups is 1. The monoisotopic (exact) mass is 591 g/mol. The molecule has 1 aliphatic heterocycles. The summed E-state index contributed by atoms with van der Waals surface area (Å²) in [7, 11) is -1.69. The number of ether oxygens (including phenoxy) is 2. The van der Waals surface area contributed by atoms with Crippen LogP contribution in [0.3, 0.4) is 0 Å². The van der Waals surface area contributed by atoms with E-state index in [9.17, 15) is 18.0 Å². The molecule has 0 aliphatic carbocycles. The summed E-state index contributed by atoms with van der Waals surface area (Å²) in [4.78, 5) is 28.3. The Bertz CT molecular complexity index is 1560. The number of anilines is 1. The highest BCUT2D eigenvalue weighted by Gasteiger charge is 2.54. The van der Waals surface area contributed by atoms with E-state index >= 15 is 0 Å². The third-order valence-electron chi connectivity index (χ3n) is 6.63. The normalized spacial score (nSPS) is 16.3. The number of hydrogen-bond acceptors (Lipinski definition) is 6. The first kappa shape index (κ1) is 28.5. The lowest BCUT2D eigenvalue weighted by Gasteiger charge is -2.34. The van der Waals surface area contributed by atoms with E-state index in [0.29, 0.717) is 18.8 Å². The molecule has 0 radical (unpaired) electrons. The van der Waals surface area contributed by atoms with Gasteiger partial charge in [-0.15, -0.1) is 0 Å². The van der Waals surface area contributed by atoms with Gasteiger partial charge in [0.2, 0.25) is 9.84 Å². The van der Waals surface area contributed by atoms with E-state index in [1.54, 1.807) is 38.1 Å². The van der Waals surface area contributed by atoms with Crippen LogP contribution in [-0.2, 0) is 20.2 Å². The number of amides is 3. The van der Waals surface area contributed by atoms with Gasteiger partial charge in [-0.1, -0.05) is 41.4 Å². The molecule has 3 aromatic carbocycles. The van der Waals surface area contributed by atoms with E-state index in [-0.39, 0.29) is 42.4 Å². The summed E-state index contributed by atoms with van der Waals surface area (Å²) in [6, 6.07) is 12.9. The van der Waals surface area contributed by atoms with Crippen LogP contribution in [0, 0.1) is 0 Å². The van der Waals surface area contributed by atoms with E-state index < -0.39 is 27.3 Å². The second-order valence-electron chi connectivity index (χ2n) is 8.61. The SMILES string of the molecule is CCN(CC)C(=O)NC1(c2ccccc2Cl)C(=O)Nc2ccc(Cl)c(S(=O)(=O)c3ccc(OC)cc3OC)c21. The molecular formula is C27H27Cl2N3O6S. The van der Waals surface area contributed by atoms with Gasteiger partial charge in [-0.05, 0) is 44.2 Å². The zero-order chi connectivity index (χ0) is 28.5. The topological polar surface area (TPSA) is 114 Å². The van der Waals surface area contributed by atoms with Gasteiger partial charge in [0.25, 0.3) is 5.91 Å². The van der Waals surface area contributed by atoms with Gasteiger partial charge in [0.1, 0.15) is 16.4 Å². The standard InChI is InChI=1S/C27H27Cl2N3O6S/c1-5-32(6-2)26(34)31-27(17-9-7-8-10-18(17)28)23-20(30-25(27)33)13-12-19(29)24(23)39(35,36)22-14-11-16(37-3)15-21(22)38-4/h7-15H,5-6H2,1-4H3,(H,30,33)(H,31,34). The molecule has 1 atom stereocenters. The molecule has 0 saturated carbocycles. The van der Waals surface area contributed by atoms with Gasteiger partial charge >= 0.3 is 6.03 Å². The van der Waals surface area contributed by atoms with Crippen LogP contribution < -0.4 is 20.1 Å². The lowest BCUT2D eigenvalue weighted by atomic mass is 9.83. The number of carbonyl (C=O) groups excluding carboxylic acids is 2. The van der Waals surface area contributed by atoms with E-state index in [2.05, 4.69) is 10.6 Å². The molecule has 0 saturated heterocycles. The fourth-order valence-electron chi connectivity index (χ4n) is 4.69. The van der Waals surface area contributed by atoms with E-state index in [4.69, 9.17) is 32.7 Å². The van der Waals surface area contributed by atoms with Crippen LogP contribution in [0.25, 0.3) is 0 Å². The van der Waals surface area contributed by atoms with Crippen molar-refractivity contribution in [3.8, 4) is 11.5 Å². The minimum atomic E-state index is -4.46.